The molecule has 2 rings (SSSR count). The molecule has 0 aromatic carbocycles. The number of carbonyl (C=O) groups excluding carboxylic acids is 1. The van der Waals surface area contributed by atoms with Gasteiger partial charge in [0, 0.05) is 7.05 Å². The third-order valence-corrected chi connectivity index (χ3v) is 4.66. The first-order valence-electron chi connectivity index (χ1n) is 7.07. The van der Waals surface area contributed by atoms with E-state index < -0.39 is 11.5 Å². The van der Waals surface area contributed by atoms with E-state index in [1.807, 2.05) is 0 Å². The lowest BCUT2D eigenvalue weighted by molar-refractivity contribution is -0.140. The van der Waals surface area contributed by atoms with Crippen LogP contribution in [0.1, 0.15) is 49.0 Å². The normalized spacial score (nSPS) is 17.2. The molecule has 21 heavy (non-hydrogen) atoms. The van der Waals surface area contributed by atoms with Gasteiger partial charge in [0.25, 0.3) is 5.91 Å². The van der Waals surface area contributed by atoms with E-state index in [1.165, 1.54) is 0 Å². The van der Waals surface area contributed by atoms with Crippen LogP contribution in [0.25, 0.3) is 0 Å². The lowest BCUT2D eigenvalue weighted by Gasteiger charge is -2.43. The Balaban J connectivity index is 2.27. The van der Waals surface area contributed by atoms with E-state index in [9.17, 15) is 14.7 Å². The number of rotatable bonds is 4. The SMILES string of the molecule is CN(C(=O)c1cccc(Br)n1)C1(CC(=O)O)CCCCC1. The number of carbonyl (C=O) groups is 2. The standard InChI is InChI=1S/C15H19BrN2O3/c1-18(14(21)11-6-5-7-12(16)17-11)15(10-13(19)20)8-3-2-4-9-15/h5-7H,2-4,8-10H2,1H3,(H,19,20). The molecule has 0 saturated heterocycles. The maximum Gasteiger partial charge on any atom is 0.305 e. The molecule has 1 heterocycles. The van der Waals surface area contributed by atoms with E-state index in [-0.39, 0.29) is 12.3 Å². The number of halogens is 1. The summed E-state index contributed by atoms with van der Waals surface area (Å²) < 4.78 is 0.595. The summed E-state index contributed by atoms with van der Waals surface area (Å²) in [7, 11) is 1.69. The highest BCUT2D eigenvalue weighted by atomic mass is 79.9. The zero-order chi connectivity index (χ0) is 15.5. The summed E-state index contributed by atoms with van der Waals surface area (Å²) in [4.78, 5) is 29.6. The Hall–Kier alpha value is -1.43. The van der Waals surface area contributed by atoms with Crippen molar-refractivity contribution in [3.05, 3.63) is 28.5 Å². The minimum atomic E-state index is -0.862. The molecule has 0 bridgehead atoms. The van der Waals surface area contributed by atoms with E-state index in [4.69, 9.17) is 0 Å². The molecule has 1 aromatic heterocycles. The number of hydrogen-bond donors (Lipinski definition) is 1. The highest BCUT2D eigenvalue weighted by Gasteiger charge is 2.40. The van der Waals surface area contributed by atoms with E-state index >= 15 is 0 Å². The fourth-order valence-corrected chi connectivity index (χ4v) is 3.38. The Kier molecular flexibility index (Phi) is 4.98. The van der Waals surface area contributed by atoms with Crippen molar-refractivity contribution in [2.24, 2.45) is 0 Å². The molecule has 114 valence electrons. The molecule has 5 nitrogen and oxygen atoms in total. The van der Waals surface area contributed by atoms with Crippen molar-refractivity contribution in [3.8, 4) is 0 Å². The number of aromatic nitrogens is 1. The van der Waals surface area contributed by atoms with Crippen LogP contribution in [0.2, 0.25) is 0 Å². The summed E-state index contributed by atoms with van der Waals surface area (Å²) in [6.07, 6.45) is 4.46. The van der Waals surface area contributed by atoms with Crippen molar-refractivity contribution < 1.29 is 14.7 Å². The van der Waals surface area contributed by atoms with Crippen molar-refractivity contribution in [1.82, 2.24) is 9.88 Å². The first-order valence-corrected chi connectivity index (χ1v) is 7.86. The smallest absolute Gasteiger partial charge is 0.305 e. The van der Waals surface area contributed by atoms with Gasteiger partial charge in [0.15, 0.2) is 0 Å². The number of pyridine rings is 1. The zero-order valence-electron chi connectivity index (χ0n) is 12.0. The summed E-state index contributed by atoms with van der Waals surface area (Å²) in [6.45, 7) is 0. The molecule has 0 unspecified atom stereocenters. The van der Waals surface area contributed by atoms with Gasteiger partial charge in [0.2, 0.25) is 0 Å². The Morgan fingerprint density at radius 2 is 2.00 bits per heavy atom. The van der Waals surface area contributed by atoms with Crippen molar-refractivity contribution in [2.45, 2.75) is 44.1 Å². The van der Waals surface area contributed by atoms with Gasteiger partial charge >= 0.3 is 5.97 Å². The van der Waals surface area contributed by atoms with Gasteiger partial charge in [-0.15, -0.1) is 0 Å². The Morgan fingerprint density at radius 1 is 1.33 bits per heavy atom. The lowest BCUT2D eigenvalue weighted by Crippen LogP contribution is -2.52. The van der Waals surface area contributed by atoms with Gasteiger partial charge in [0.1, 0.15) is 10.3 Å². The number of aliphatic carboxylic acids is 1. The molecule has 1 aromatic rings. The van der Waals surface area contributed by atoms with Gasteiger partial charge in [-0.1, -0.05) is 25.3 Å². The maximum atomic E-state index is 12.6. The van der Waals surface area contributed by atoms with Gasteiger partial charge in [-0.05, 0) is 40.9 Å². The van der Waals surface area contributed by atoms with Crippen LogP contribution in [0.3, 0.4) is 0 Å². The van der Waals surface area contributed by atoms with Crippen LogP contribution in [0.4, 0.5) is 0 Å². The summed E-state index contributed by atoms with van der Waals surface area (Å²) in [5.74, 6) is -1.08. The largest absolute Gasteiger partial charge is 0.481 e. The predicted molar refractivity (Wildman–Crippen MR) is 82.1 cm³/mol. The topological polar surface area (TPSA) is 70.5 Å². The van der Waals surface area contributed by atoms with Crippen molar-refractivity contribution in [3.63, 3.8) is 0 Å². The monoisotopic (exact) mass is 354 g/mol. The van der Waals surface area contributed by atoms with Gasteiger partial charge in [-0.2, -0.15) is 0 Å². The Morgan fingerprint density at radius 3 is 2.57 bits per heavy atom. The zero-order valence-corrected chi connectivity index (χ0v) is 13.6. The molecule has 1 fully saturated rings. The number of amides is 1. The molecule has 1 saturated carbocycles. The second kappa shape index (κ2) is 6.56. The molecule has 1 aliphatic carbocycles. The number of hydrogen-bond acceptors (Lipinski definition) is 3. The number of nitrogens with zero attached hydrogens (tertiary/aromatic N) is 2. The van der Waals surface area contributed by atoms with Crippen LogP contribution < -0.4 is 0 Å². The molecule has 0 aliphatic heterocycles. The van der Waals surface area contributed by atoms with Gasteiger partial charge in [0.05, 0.1) is 12.0 Å². The molecular formula is C15H19BrN2O3. The van der Waals surface area contributed by atoms with Gasteiger partial charge in [-0.3, -0.25) is 9.59 Å². The predicted octanol–water partition coefficient (Wildman–Crippen LogP) is 3.09. The third-order valence-electron chi connectivity index (χ3n) is 4.21. The fraction of sp³-hybridized carbons (Fsp3) is 0.533. The van der Waals surface area contributed by atoms with Crippen molar-refractivity contribution >= 4 is 27.8 Å². The van der Waals surface area contributed by atoms with E-state index in [0.29, 0.717) is 10.3 Å². The quantitative estimate of drug-likeness (QED) is 0.843. The first-order chi connectivity index (χ1) is 9.94. The van der Waals surface area contributed by atoms with Crippen LogP contribution >= 0.6 is 15.9 Å². The van der Waals surface area contributed by atoms with Crippen LogP contribution in [-0.4, -0.2) is 39.5 Å². The Bertz CT molecular complexity index is 541. The second-order valence-electron chi connectivity index (χ2n) is 5.57. The molecular weight excluding hydrogens is 336 g/mol. The maximum absolute atomic E-state index is 12.6. The molecule has 0 radical (unpaired) electrons. The summed E-state index contributed by atoms with van der Waals surface area (Å²) in [6, 6.07) is 5.16. The first kappa shape index (κ1) is 15.9. The Labute approximate surface area is 132 Å². The average Bonchev–Trinajstić information content (AvgIpc) is 2.46. The minimum absolute atomic E-state index is 0.0107. The summed E-state index contributed by atoms with van der Waals surface area (Å²) in [5, 5.41) is 9.22. The second-order valence-corrected chi connectivity index (χ2v) is 6.38. The highest BCUT2D eigenvalue weighted by Crippen LogP contribution is 2.36. The molecule has 6 heteroatoms. The summed E-state index contributed by atoms with van der Waals surface area (Å²) >= 11 is 3.25. The molecule has 1 amide bonds. The van der Waals surface area contributed by atoms with E-state index in [0.717, 1.165) is 32.1 Å². The van der Waals surface area contributed by atoms with Crippen molar-refractivity contribution in [1.29, 1.82) is 0 Å². The fourth-order valence-electron chi connectivity index (χ4n) is 3.04. The van der Waals surface area contributed by atoms with Gasteiger partial charge in [-0.25, -0.2) is 4.98 Å². The van der Waals surface area contributed by atoms with Crippen LogP contribution in [-0.2, 0) is 4.79 Å². The van der Waals surface area contributed by atoms with Crippen LogP contribution in [0, 0.1) is 0 Å². The molecule has 1 aliphatic rings. The van der Waals surface area contributed by atoms with E-state index in [2.05, 4.69) is 20.9 Å². The minimum Gasteiger partial charge on any atom is -0.481 e. The van der Waals surface area contributed by atoms with E-state index in [1.54, 1.807) is 30.1 Å². The number of carboxylic acids is 1. The lowest BCUT2D eigenvalue weighted by atomic mass is 9.78. The highest BCUT2D eigenvalue weighted by molar-refractivity contribution is 9.10. The van der Waals surface area contributed by atoms with Crippen molar-refractivity contribution in [2.75, 3.05) is 7.05 Å². The molecule has 0 spiro atoms. The average molecular weight is 355 g/mol. The van der Waals surface area contributed by atoms with Gasteiger partial charge < -0.3 is 10.0 Å². The van der Waals surface area contributed by atoms with Crippen LogP contribution in [0.5, 0.6) is 0 Å². The van der Waals surface area contributed by atoms with Crippen LogP contribution in [0.15, 0.2) is 22.8 Å². The summed E-state index contributed by atoms with van der Waals surface area (Å²) in [5.41, 5.74) is -0.257. The number of carboxylic acid groups (broad SMARTS) is 1. The molecule has 0 atom stereocenters. The molecule has 1 N–H and O–H groups in total. The third kappa shape index (κ3) is 3.61.